The molecule has 2 aromatic rings. The van der Waals surface area contributed by atoms with Crippen molar-refractivity contribution in [3.8, 4) is 5.75 Å². The van der Waals surface area contributed by atoms with E-state index in [1.807, 2.05) is 17.1 Å². The van der Waals surface area contributed by atoms with Crippen molar-refractivity contribution in [3.63, 3.8) is 0 Å². The minimum absolute atomic E-state index is 0.482. The molecule has 1 N–H and O–H groups in total. The molecule has 0 fully saturated rings. The zero-order chi connectivity index (χ0) is 14.5. The van der Waals surface area contributed by atoms with E-state index in [-0.39, 0.29) is 0 Å². The summed E-state index contributed by atoms with van der Waals surface area (Å²) in [6, 6.07) is 6.93. The largest absolute Gasteiger partial charge is 0.491 e. The van der Waals surface area contributed by atoms with Gasteiger partial charge in [-0.25, -0.2) is 4.98 Å². The van der Waals surface area contributed by atoms with Crippen molar-refractivity contribution in [1.82, 2.24) is 14.9 Å². The third kappa shape index (κ3) is 3.27. The van der Waals surface area contributed by atoms with E-state index >= 15 is 0 Å². The van der Waals surface area contributed by atoms with Gasteiger partial charge in [-0.05, 0) is 43.0 Å². The molecule has 1 aliphatic carbocycles. The van der Waals surface area contributed by atoms with Gasteiger partial charge in [-0.15, -0.1) is 0 Å². The van der Waals surface area contributed by atoms with Crippen LogP contribution in [0.3, 0.4) is 0 Å². The second kappa shape index (κ2) is 6.76. The fourth-order valence-corrected chi connectivity index (χ4v) is 3.09. The minimum atomic E-state index is 0.482. The van der Waals surface area contributed by atoms with Gasteiger partial charge in [0.1, 0.15) is 12.4 Å². The van der Waals surface area contributed by atoms with Gasteiger partial charge in [-0.2, -0.15) is 0 Å². The lowest BCUT2D eigenvalue weighted by Crippen LogP contribution is -2.25. The first kappa shape index (κ1) is 14.1. The molecule has 1 aromatic carbocycles. The molecule has 1 aromatic heterocycles. The van der Waals surface area contributed by atoms with Crippen molar-refractivity contribution in [2.24, 2.45) is 0 Å². The van der Waals surface area contributed by atoms with E-state index in [0.29, 0.717) is 12.6 Å². The number of nitrogens with zero attached hydrogens (tertiary/aromatic N) is 2. The maximum Gasteiger partial charge on any atom is 0.122 e. The van der Waals surface area contributed by atoms with Gasteiger partial charge in [0.25, 0.3) is 0 Å². The average Bonchev–Trinajstić information content (AvgIpc) is 3.02. The molecule has 0 amide bonds. The van der Waals surface area contributed by atoms with Gasteiger partial charge < -0.3 is 14.6 Å². The van der Waals surface area contributed by atoms with E-state index in [4.69, 9.17) is 4.74 Å². The molecule has 4 heteroatoms. The van der Waals surface area contributed by atoms with Crippen LogP contribution in [0.15, 0.2) is 36.9 Å². The summed E-state index contributed by atoms with van der Waals surface area (Å²) in [6.07, 6.45) is 9.16. The molecule has 112 valence electrons. The molecular formula is C17H23N3O. The van der Waals surface area contributed by atoms with Crippen LogP contribution in [-0.4, -0.2) is 22.7 Å². The third-order valence-electron chi connectivity index (χ3n) is 4.08. The van der Waals surface area contributed by atoms with Gasteiger partial charge in [0, 0.05) is 18.4 Å². The molecule has 3 rings (SSSR count). The zero-order valence-corrected chi connectivity index (χ0v) is 12.6. The van der Waals surface area contributed by atoms with E-state index in [0.717, 1.165) is 25.3 Å². The number of hydrogen-bond donors (Lipinski definition) is 1. The van der Waals surface area contributed by atoms with Gasteiger partial charge in [-0.3, -0.25) is 0 Å². The Balaban J connectivity index is 1.69. The number of rotatable bonds is 6. The van der Waals surface area contributed by atoms with Crippen LogP contribution in [0.5, 0.6) is 5.75 Å². The average molecular weight is 285 g/mol. The van der Waals surface area contributed by atoms with Gasteiger partial charge in [0.05, 0.1) is 12.9 Å². The molecule has 4 nitrogen and oxygen atoms in total. The van der Waals surface area contributed by atoms with Crippen LogP contribution >= 0.6 is 0 Å². The van der Waals surface area contributed by atoms with Crippen LogP contribution in [0.4, 0.5) is 0 Å². The maximum absolute atomic E-state index is 6.03. The summed E-state index contributed by atoms with van der Waals surface area (Å²) in [6.45, 7) is 4.69. The highest BCUT2D eigenvalue weighted by Gasteiger charge is 2.21. The molecule has 0 saturated heterocycles. The number of benzene rings is 1. The lowest BCUT2D eigenvalue weighted by atomic mass is 9.87. The van der Waals surface area contributed by atoms with Crippen LogP contribution in [0.1, 0.15) is 36.9 Å². The molecule has 1 heterocycles. The van der Waals surface area contributed by atoms with E-state index in [1.54, 1.807) is 6.20 Å². The van der Waals surface area contributed by atoms with E-state index in [1.165, 1.54) is 24.0 Å². The highest BCUT2D eigenvalue weighted by atomic mass is 16.5. The smallest absolute Gasteiger partial charge is 0.122 e. The van der Waals surface area contributed by atoms with Crippen molar-refractivity contribution < 1.29 is 4.74 Å². The first-order valence-corrected chi connectivity index (χ1v) is 7.82. The summed E-state index contributed by atoms with van der Waals surface area (Å²) in [5, 5.41) is 3.58. The van der Waals surface area contributed by atoms with Crippen LogP contribution in [0.2, 0.25) is 0 Å². The number of nitrogens with one attached hydrogen (secondary N) is 1. The molecule has 21 heavy (non-hydrogen) atoms. The Morgan fingerprint density at radius 3 is 3.19 bits per heavy atom. The number of imidazole rings is 1. The highest BCUT2D eigenvalue weighted by molar-refractivity contribution is 5.43. The molecule has 1 atom stereocenters. The van der Waals surface area contributed by atoms with Crippen molar-refractivity contribution >= 4 is 0 Å². The Hall–Kier alpha value is -1.81. The second-order valence-electron chi connectivity index (χ2n) is 5.48. The van der Waals surface area contributed by atoms with Crippen LogP contribution < -0.4 is 10.1 Å². The van der Waals surface area contributed by atoms with Crippen molar-refractivity contribution in [1.29, 1.82) is 0 Å². The third-order valence-corrected chi connectivity index (χ3v) is 4.08. The highest BCUT2D eigenvalue weighted by Crippen LogP contribution is 2.35. The second-order valence-corrected chi connectivity index (χ2v) is 5.48. The Bertz CT molecular complexity index is 565. The van der Waals surface area contributed by atoms with Crippen LogP contribution in [0, 0.1) is 0 Å². The Morgan fingerprint density at radius 1 is 1.43 bits per heavy atom. The lowest BCUT2D eigenvalue weighted by Gasteiger charge is -2.27. The Kier molecular flexibility index (Phi) is 4.55. The predicted octanol–water partition coefficient (Wildman–Crippen LogP) is 2.95. The zero-order valence-electron chi connectivity index (χ0n) is 12.6. The maximum atomic E-state index is 6.03. The summed E-state index contributed by atoms with van der Waals surface area (Å²) < 4.78 is 8.07. The Labute approximate surface area is 126 Å². The molecule has 0 saturated carbocycles. The minimum Gasteiger partial charge on any atom is -0.491 e. The van der Waals surface area contributed by atoms with Gasteiger partial charge in [0.15, 0.2) is 0 Å². The molecule has 0 aliphatic heterocycles. The van der Waals surface area contributed by atoms with Crippen LogP contribution in [-0.2, 0) is 13.0 Å². The molecule has 1 aliphatic rings. The Morgan fingerprint density at radius 2 is 2.38 bits per heavy atom. The molecule has 1 unspecified atom stereocenters. The van der Waals surface area contributed by atoms with E-state index < -0.39 is 0 Å². The first-order chi connectivity index (χ1) is 10.4. The topological polar surface area (TPSA) is 39.1 Å². The number of hydrogen-bond acceptors (Lipinski definition) is 3. The summed E-state index contributed by atoms with van der Waals surface area (Å²) in [7, 11) is 0. The first-order valence-electron chi connectivity index (χ1n) is 7.82. The number of fused-ring (bicyclic) bond motifs is 1. The summed E-state index contributed by atoms with van der Waals surface area (Å²) in [5.41, 5.74) is 2.81. The van der Waals surface area contributed by atoms with Crippen molar-refractivity contribution in [3.05, 3.63) is 48.0 Å². The summed E-state index contributed by atoms with van der Waals surface area (Å²) in [4.78, 5) is 4.05. The molecule has 0 bridgehead atoms. The molecule has 0 radical (unpaired) electrons. The normalized spacial score (nSPS) is 17.5. The van der Waals surface area contributed by atoms with Gasteiger partial charge in [0.2, 0.25) is 0 Å². The number of ether oxygens (including phenoxy) is 1. The SMILES string of the molecule is CCNC1CCCc2c(OCCn3ccnc3)cccc21. The fraction of sp³-hybridized carbons (Fsp3) is 0.471. The van der Waals surface area contributed by atoms with E-state index in [2.05, 4.69) is 35.4 Å². The lowest BCUT2D eigenvalue weighted by molar-refractivity contribution is 0.292. The van der Waals surface area contributed by atoms with Crippen molar-refractivity contribution in [2.75, 3.05) is 13.2 Å². The van der Waals surface area contributed by atoms with Gasteiger partial charge in [-0.1, -0.05) is 19.1 Å². The standard InChI is InChI=1S/C17H23N3O/c1-2-19-16-7-3-6-15-14(16)5-4-8-17(15)21-12-11-20-10-9-18-13-20/h4-5,8-10,13,16,19H,2-3,6-7,11-12H2,1H3. The predicted molar refractivity (Wildman–Crippen MR) is 83.5 cm³/mol. The fourth-order valence-electron chi connectivity index (χ4n) is 3.09. The molecular weight excluding hydrogens is 262 g/mol. The quantitative estimate of drug-likeness (QED) is 0.887. The van der Waals surface area contributed by atoms with Gasteiger partial charge >= 0.3 is 0 Å². The summed E-state index contributed by atoms with van der Waals surface area (Å²) in [5.74, 6) is 1.05. The van der Waals surface area contributed by atoms with Crippen molar-refractivity contribution in [2.45, 2.75) is 38.8 Å². The number of aromatic nitrogens is 2. The van der Waals surface area contributed by atoms with Crippen LogP contribution in [0.25, 0.3) is 0 Å². The summed E-state index contributed by atoms with van der Waals surface area (Å²) >= 11 is 0. The van der Waals surface area contributed by atoms with E-state index in [9.17, 15) is 0 Å². The monoisotopic (exact) mass is 285 g/mol. The molecule has 0 spiro atoms.